The van der Waals surface area contributed by atoms with Crippen molar-refractivity contribution in [3.05, 3.63) is 46.4 Å². The number of thiazole rings is 1. The summed E-state index contributed by atoms with van der Waals surface area (Å²) in [5.74, 6) is 0. The van der Waals surface area contributed by atoms with Crippen LogP contribution in [0.3, 0.4) is 0 Å². The molecule has 6 heteroatoms. The van der Waals surface area contributed by atoms with Gasteiger partial charge in [0.15, 0.2) is 0 Å². The van der Waals surface area contributed by atoms with Gasteiger partial charge in [0.2, 0.25) is 0 Å². The lowest BCUT2D eigenvalue weighted by atomic mass is 10.4. The van der Waals surface area contributed by atoms with Gasteiger partial charge in [-0.2, -0.15) is 0 Å². The SMILES string of the molecule is Cc1ncc(CNC(=O)NC[C@@H](C)Sc2ccccc2)s1. The highest BCUT2D eigenvalue weighted by Gasteiger charge is 2.07. The van der Waals surface area contributed by atoms with Gasteiger partial charge in [0, 0.05) is 27.8 Å². The Morgan fingerprint density at radius 1 is 1.33 bits per heavy atom. The Kier molecular flexibility index (Phi) is 6.07. The smallest absolute Gasteiger partial charge is 0.315 e. The summed E-state index contributed by atoms with van der Waals surface area (Å²) in [5.41, 5.74) is 0. The number of amides is 2. The summed E-state index contributed by atoms with van der Waals surface area (Å²) >= 11 is 3.35. The van der Waals surface area contributed by atoms with Crippen LogP contribution in [0.4, 0.5) is 4.79 Å². The minimum absolute atomic E-state index is 0.137. The summed E-state index contributed by atoms with van der Waals surface area (Å²) in [5, 5.41) is 7.07. The van der Waals surface area contributed by atoms with Crippen LogP contribution in [0, 0.1) is 6.92 Å². The highest BCUT2D eigenvalue weighted by Crippen LogP contribution is 2.21. The number of rotatable bonds is 6. The summed E-state index contributed by atoms with van der Waals surface area (Å²) in [6.07, 6.45) is 1.80. The summed E-state index contributed by atoms with van der Waals surface area (Å²) in [6.45, 7) is 5.21. The number of aryl methyl sites for hydroxylation is 1. The quantitative estimate of drug-likeness (QED) is 0.802. The molecule has 21 heavy (non-hydrogen) atoms. The minimum Gasteiger partial charge on any atom is -0.337 e. The summed E-state index contributed by atoms with van der Waals surface area (Å²) < 4.78 is 0. The molecule has 2 N–H and O–H groups in total. The molecule has 2 rings (SSSR count). The molecule has 0 aliphatic rings. The van der Waals surface area contributed by atoms with Crippen molar-refractivity contribution >= 4 is 29.1 Å². The average Bonchev–Trinajstić information content (AvgIpc) is 2.90. The molecule has 1 heterocycles. The molecule has 2 aromatic rings. The van der Waals surface area contributed by atoms with Gasteiger partial charge < -0.3 is 10.6 Å². The van der Waals surface area contributed by atoms with Crippen molar-refractivity contribution in [2.45, 2.75) is 30.5 Å². The molecule has 1 aromatic carbocycles. The third-order valence-corrected chi connectivity index (χ3v) is 4.75. The van der Waals surface area contributed by atoms with Crippen LogP contribution < -0.4 is 10.6 Å². The zero-order valence-corrected chi connectivity index (χ0v) is 13.8. The van der Waals surface area contributed by atoms with E-state index in [1.165, 1.54) is 4.90 Å². The molecule has 0 fully saturated rings. The molecule has 4 nitrogen and oxygen atoms in total. The van der Waals surface area contributed by atoms with Crippen LogP contribution in [0.5, 0.6) is 0 Å². The molecule has 2 amide bonds. The zero-order valence-electron chi connectivity index (χ0n) is 12.1. The molecule has 0 unspecified atom stereocenters. The van der Waals surface area contributed by atoms with Crippen LogP contribution in [0.2, 0.25) is 0 Å². The Bertz CT molecular complexity index is 571. The first-order chi connectivity index (χ1) is 10.1. The average molecular weight is 321 g/mol. The third-order valence-electron chi connectivity index (χ3n) is 2.72. The highest BCUT2D eigenvalue weighted by molar-refractivity contribution is 8.00. The fraction of sp³-hybridized carbons (Fsp3) is 0.333. The lowest BCUT2D eigenvalue weighted by Gasteiger charge is -2.12. The van der Waals surface area contributed by atoms with Gasteiger partial charge in [0.1, 0.15) is 0 Å². The van der Waals surface area contributed by atoms with Crippen LogP contribution in [0.25, 0.3) is 0 Å². The molecular weight excluding hydrogens is 302 g/mol. The summed E-state index contributed by atoms with van der Waals surface area (Å²) in [4.78, 5) is 18.2. The maximum atomic E-state index is 11.7. The fourth-order valence-corrected chi connectivity index (χ4v) is 3.41. The predicted octanol–water partition coefficient (Wildman–Crippen LogP) is 3.43. The molecule has 112 valence electrons. The first-order valence-electron chi connectivity index (χ1n) is 6.78. The Labute approximate surface area is 133 Å². The molecule has 0 spiro atoms. The van der Waals surface area contributed by atoms with Crippen LogP contribution in [-0.4, -0.2) is 22.8 Å². The van der Waals surface area contributed by atoms with E-state index in [2.05, 4.69) is 34.7 Å². The van der Waals surface area contributed by atoms with Crippen molar-refractivity contribution < 1.29 is 4.79 Å². The van der Waals surface area contributed by atoms with Crippen molar-refractivity contribution in [3.63, 3.8) is 0 Å². The topological polar surface area (TPSA) is 54.0 Å². The zero-order chi connectivity index (χ0) is 15.1. The number of hydrogen-bond donors (Lipinski definition) is 2. The van der Waals surface area contributed by atoms with Gasteiger partial charge >= 0.3 is 6.03 Å². The van der Waals surface area contributed by atoms with Crippen LogP contribution >= 0.6 is 23.1 Å². The maximum absolute atomic E-state index is 11.7. The first-order valence-corrected chi connectivity index (χ1v) is 8.48. The van der Waals surface area contributed by atoms with E-state index in [1.807, 2.05) is 25.1 Å². The van der Waals surface area contributed by atoms with Crippen LogP contribution in [-0.2, 0) is 6.54 Å². The molecule has 0 saturated carbocycles. The first kappa shape index (κ1) is 15.9. The van der Waals surface area contributed by atoms with E-state index in [1.54, 1.807) is 29.3 Å². The molecule has 0 bridgehead atoms. The van der Waals surface area contributed by atoms with Gasteiger partial charge in [-0.3, -0.25) is 0 Å². The van der Waals surface area contributed by atoms with Gasteiger partial charge in [-0.1, -0.05) is 25.1 Å². The lowest BCUT2D eigenvalue weighted by Crippen LogP contribution is -2.37. The molecular formula is C15H19N3OS2. The van der Waals surface area contributed by atoms with E-state index in [9.17, 15) is 4.79 Å². The standard InChI is InChI=1S/C15H19N3OS2/c1-11(20-13-6-4-3-5-7-13)8-17-15(19)18-10-14-9-16-12(2)21-14/h3-7,9,11H,8,10H2,1-2H3,(H2,17,18,19)/t11-/m1/s1. The van der Waals surface area contributed by atoms with Gasteiger partial charge in [-0.15, -0.1) is 23.1 Å². The fourth-order valence-electron chi connectivity index (χ4n) is 1.73. The predicted molar refractivity (Wildman–Crippen MR) is 88.9 cm³/mol. The molecule has 0 radical (unpaired) electrons. The lowest BCUT2D eigenvalue weighted by molar-refractivity contribution is 0.240. The van der Waals surface area contributed by atoms with Crippen molar-refractivity contribution in [2.24, 2.45) is 0 Å². The van der Waals surface area contributed by atoms with Crippen molar-refractivity contribution in [2.75, 3.05) is 6.54 Å². The maximum Gasteiger partial charge on any atom is 0.315 e. The Morgan fingerprint density at radius 2 is 2.10 bits per heavy atom. The van der Waals surface area contributed by atoms with E-state index in [0.717, 1.165) is 9.88 Å². The molecule has 0 saturated heterocycles. The second-order valence-corrected chi connectivity index (χ2v) is 7.48. The molecule has 0 aliphatic heterocycles. The molecule has 1 aromatic heterocycles. The van der Waals surface area contributed by atoms with Crippen molar-refractivity contribution in [1.29, 1.82) is 0 Å². The Hall–Kier alpha value is -1.53. The van der Waals surface area contributed by atoms with Gasteiger partial charge in [-0.05, 0) is 19.1 Å². The van der Waals surface area contributed by atoms with Gasteiger partial charge in [0.25, 0.3) is 0 Å². The molecule has 0 aliphatic carbocycles. The Morgan fingerprint density at radius 3 is 2.76 bits per heavy atom. The number of nitrogens with one attached hydrogen (secondary N) is 2. The van der Waals surface area contributed by atoms with Crippen LogP contribution in [0.15, 0.2) is 41.4 Å². The van der Waals surface area contributed by atoms with Gasteiger partial charge in [0.05, 0.1) is 11.6 Å². The summed E-state index contributed by atoms with van der Waals surface area (Å²) in [6, 6.07) is 10.1. The number of benzene rings is 1. The van der Waals surface area contributed by atoms with Crippen molar-refractivity contribution in [1.82, 2.24) is 15.6 Å². The minimum atomic E-state index is -0.137. The number of carbonyl (C=O) groups excluding carboxylic acids is 1. The highest BCUT2D eigenvalue weighted by atomic mass is 32.2. The van der Waals surface area contributed by atoms with Crippen molar-refractivity contribution in [3.8, 4) is 0 Å². The number of aromatic nitrogens is 1. The van der Waals surface area contributed by atoms with Crippen LogP contribution in [0.1, 0.15) is 16.8 Å². The number of hydrogen-bond acceptors (Lipinski definition) is 4. The molecule has 1 atom stereocenters. The largest absolute Gasteiger partial charge is 0.337 e. The monoisotopic (exact) mass is 321 g/mol. The van der Waals surface area contributed by atoms with E-state index >= 15 is 0 Å². The number of carbonyl (C=O) groups is 1. The Balaban J connectivity index is 1.66. The third kappa shape index (κ3) is 5.77. The number of nitrogens with zero attached hydrogens (tertiary/aromatic N) is 1. The van der Waals surface area contributed by atoms with E-state index in [-0.39, 0.29) is 6.03 Å². The number of thioether (sulfide) groups is 1. The van der Waals surface area contributed by atoms with E-state index < -0.39 is 0 Å². The second kappa shape index (κ2) is 8.05. The summed E-state index contributed by atoms with van der Waals surface area (Å²) in [7, 11) is 0. The van der Waals surface area contributed by atoms with E-state index in [0.29, 0.717) is 18.3 Å². The second-order valence-electron chi connectivity index (χ2n) is 4.65. The number of urea groups is 1. The van der Waals surface area contributed by atoms with Gasteiger partial charge in [-0.25, -0.2) is 9.78 Å². The van der Waals surface area contributed by atoms with E-state index in [4.69, 9.17) is 0 Å². The normalized spacial score (nSPS) is 11.9.